The van der Waals surface area contributed by atoms with Crippen LogP contribution in [0.25, 0.3) is 0 Å². The van der Waals surface area contributed by atoms with Gasteiger partial charge in [0.15, 0.2) is 0 Å². The van der Waals surface area contributed by atoms with Crippen molar-refractivity contribution < 1.29 is 14.3 Å². The zero-order valence-corrected chi connectivity index (χ0v) is 11.4. The third-order valence-electron chi connectivity index (χ3n) is 2.24. The van der Waals surface area contributed by atoms with Crippen molar-refractivity contribution in [1.82, 2.24) is 4.90 Å². The van der Waals surface area contributed by atoms with Crippen LogP contribution in [0.1, 0.15) is 34.1 Å². The summed E-state index contributed by atoms with van der Waals surface area (Å²) in [4.78, 5) is 24.8. The van der Waals surface area contributed by atoms with Gasteiger partial charge in [0.05, 0.1) is 19.1 Å². The lowest BCUT2D eigenvalue weighted by atomic mass is 10.0. The second-order valence-corrected chi connectivity index (χ2v) is 5.19. The number of carbonyl (C=O) groups excluding carboxylic acids is 2. The maximum Gasteiger partial charge on any atom is 0.307 e. The Bertz CT molecular complexity index is 269. The van der Waals surface area contributed by atoms with E-state index in [0.717, 1.165) is 0 Å². The summed E-state index contributed by atoms with van der Waals surface area (Å²) in [5.74, 6) is -0.129. The average Bonchev–Trinajstić information content (AvgIpc) is 2.20. The summed E-state index contributed by atoms with van der Waals surface area (Å²) in [6, 6.07) is 0. The molecule has 0 spiro atoms. The first-order valence-corrected chi connectivity index (χ1v) is 5.83. The van der Waals surface area contributed by atoms with Gasteiger partial charge in [-0.2, -0.15) is 0 Å². The van der Waals surface area contributed by atoms with Gasteiger partial charge in [0.1, 0.15) is 0 Å². The number of hydrogen-bond donors (Lipinski definition) is 1. The van der Waals surface area contributed by atoms with E-state index in [1.54, 1.807) is 18.7 Å². The van der Waals surface area contributed by atoms with Crippen LogP contribution >= 0.6 is 0 Å². The Labute approximate surface area is 103 Å². The van der Waals surface area contributed by atoms with Crippen LogP contribution in [0.5, 0.6) is 0 Å². The normalized spacial score (nSPS) is 11.5. The number of carbonyl (C=O) groups is 2. The molecule has 5 heteroatoms. The Kier molecular flexibility index (Phi) is 6.16. The number of nitrogens with two attached hydrogens (primary N) is 1. The van der Waals surface area contributed by atoms with Crippen LogP contribution in [0.15, 0.2) is 0 Å². The molecule has 0 fully saturated rings. The fraction of sp³-hybridized carbons (Fsp3) is 0.833. The minimum atomic E-state index is -0.912. The fourth-order valence-electron chi connectivity index (χ4n) is 1.45. The predicted molar refractivity (Wildman–Crippen MR) is 66.3 cm³/mol. The van der Waals surface area contributed by atoms with Crippen molar-refractivity contribution in [2.24, 2.45) is 11.7 Å². The molecule has 0 bridgehead atoms. The molecule has 17 heavy (non-hydrogen) atoms. The molecule has 1 amide bonds. The minimum Gasteiger partial charge on any atom is -0.469 e. The van der Waals surface area contributed by atoms with Crippen LogP contribution in [0, 0.1) is 5.92 Å². The maximum absolute atomic E-state index is 12.0. The summed E-state index contributed by atoms with van der Waals surface area (Å²) in [5.41, 5.74) is 4.88. The van der Waals surface area contributed by atoms with Crippen molar-refractivity contribution >= 4 is 11.9 Å². The molecule has 0 saturated carbocycles. The molecule has 0 unspecified atom stereocenters. The van der Waals surface area contributed by atoms with E-state index in [2.05, 4.69) is 4.74 Å². The molecule has 5 nitrogen and oxygen atoms in total. The Morgan fingerprint density at radius 2 is 1.88 bits per heavy atom. The number of ether oxygens (including phenoxy) is 1. The van der Waals surface area contributed by atoms with Gasteiger partial charge in [-0.25, -0.2) is 0 Å². The molecule has 0 aliphatic rings. The van der Waals surface area contributed by atoms with Crippen LogP contribution < -0.4 is 5.73 Å². The van der Waals surface area contributed by atoms with Gasteiger partial charge in [-0.05, 0) is 19.8 Å². The SMILES string of the molecule is COC(=O)CCN(CC(C)C)C(=O)C(C)(C)N. The molecule has 0 aliphatic carbocycles. The predicted octanol–water partition coefficient (Wildman–Crippen LogP) is 0.771. The molecule has 0 aliphatic heterocycles. The van der Waals surface area contributed by atoms with E-state index < -0.39 is 5.54 Å². The van der Waals surface area contributed by atoms with E-state index in [-0.39, 0.29) is 18.3 Å². The highest BCUT2D eigenvalue weighted by atomic mass is 16.5. The Morgan fingerprint density at radius 3 is 2.24 bits per heavy atom. The van der Waals surface area contributed by atoms with Gasteiger partial charge < -0.3 is 15.4 Å². The van der Waals surface area contributed by atoms with Crippen molar-refractivity contribution in [2.45, 2.75) is 39.7 Å². The lowest BCUT2D eigenvalue weighted by Gasteiger charge is -2.30. The molecule has 100 valence electrons. The van der Waals surface area contributed by atoms with Crippen molar-refractivity contribution in [2.75, 3.05) is 20.2 Å². The molecule has 2 N–H and O–H groups in total. The van der Waals surface area contributed by atoms with Crippen LogP contribution in [0.4, 0.5) is 0 Å². The lowest BCUT2D eigenvalue weighted by Crippen LogP contribution is -2.52. The first kappa shape index (κ1) is 15.9. The highest BCUT2D eigenvalue weighted by Crippen LogP contribution is 2.08. The summed E-state index contributed by atoms with van der Waals surface area (Å²) in [6.45, 7) is 8.31. The largest absolute Gasteiger partial charge is 0.469 e. The van der Waals surface area contributed by atoms with Crippen LogP contribution in [0.2, 0.25) is 0 Å². The monoisotopic (exact) mass is 244 g/mol. The zero-order chi connectivity index (χ0) is 13.6. The smallest absolute Gasteiger partial charge is 0.307 e. The highest BCUT2D eigenvalue weighted by molar-refractivity contribution is 5.85. The van der Waals surface area contributed by atoms with Crippen LogP contribution in [-0.2, 0) is 14.3 Å². The summed E-state index contributed by atoms with van der Waals surface area (Å²) < 4.78 is 4.56. The Hall–Kier alpha value is -1.10. The molecular formula is C12H24N2O3. The van der Waals surface area contributed by atoms with E-state index >= 15 is 0 Å². The molecule has 0 heterocycles. The second-order valence-electron chi connectivity index (χ2n) is 5.19. The summed E-state index contributed by atoms with van der Waals surface area (Å²) in [7, 11) is 1.34. The quantitative estimate of drug-likeness (QED) is 0.700. The van der Waals surface area contributed by atoms with Crippen molar-refractivity contribution in [3.05, 3.63) is 0 Å². The molecule has 0 aromatic rings. The Morgan fingerprint density at radius 1 is 1.35 bits per heavy atom. The molecule has 0 saturated heterocycles. The highest BCUT2D eigenvalue weighted by Gasteiger charge is 2.28. The number of esters is 1. The maximum atomic E-state index is 12.0. The molecule has 0 rings (SSSR count). The van der Waals surface area contributed by atoms with Crippen molar-refractivity contribution in [3.63, 3.8) is 0 Å². The third kappa shape index (κ3) is 6.26. The van der Waals surface area contributed by atoms with Gasteiger partial charge in [0.25, 0.3) is 0 Å². The van der Waals surface area contributed by atoms with Gasteiger partial charge in [-0.15, -0.1) is 0 Å². The minimum absolute atomic E-state index is 0.143. The number of amides is 1. The van der Waals surface area contributed by atoms with E-state index in [0.29, 0.717) is 19.0 Å². The van der Waals surface area contributed by atoms with Crippen LogP contribution in [0.3, 0.4) is 0 Å². The van der Waals surface area contributed by atoms with E-state index in [9.17, 15) is 9.59 Å². The van der Waals surface area contributed by atoms with Gasteiger partial charge in [0.2, 0.25) is 5.91 Å². The molecule has 0 aromatic heterocycles. The first-order chi connectivity index (χ1) is 7.68. The van der Waals surface area contributed by atoms with Gasteiger partial charge >= 0.3 is 5.97 Å². The number of methoxy groups -OCH3 is 1. The van der Waals surface area contributed by atoms with E-state index in [4.69, 9.17) is 5.73 Å². The fourth-order valence-corrected chi connectivity index (χ4v) is 1.45. The zero-order valence-electron chi connectivity index (χ0n) is 11.4. The summed E-state index contributed by atoms with van der Waals surface area (Å²) in [6.07, 6.45) is 0.199. The standard InChI is InChI=1S/C12H24N2O3/c1-9(2)8-14(7-6-10(15)17-5)11(16)12(3,4)13/h9H,6-8,13H2,1-5H3. The molecular weight excluding hydrogens is 220 g/mol. The molecule has 0 radical (unpaired) electrons. The van der Waals surface area contributed by atoms with E-state index in [1.807, 2.05) is 13.8 Å². The number of hydrogen-bond acceptors (Lipinski definition) is 4. The molecule has 0 aromatic carbocycles. The van der Waals surface area contributed by atoms with E-state index in [1.165, 1.54) is 7.11 Å². The lowest BCUT2D eigenvalue weighted by molar-refractivity contribution is -0.142. The third-order valence-corrected chi connectivity index (χ3v) is 2.24. The Balaban J connectivity index is 4.54. The average molecular weight is 244 g/mol. The van der Waals surface area contributed by atoms with Gasteiger partial charge in [-0.3, -0.25) is 9.59 Å². The number of rotatable bonds is 6. The van der Waals surface area contributed by atoms with Gasteiger partial charge in [0, 0.05) is 13.1 Å². The number of nitrogens with zero attached hydrogens (tertiary/aromatic N) is 1. The summed E-state index contributed by atoms with van der Waals surface area (Å²) >= 11 is 0. The van der Waals surface area contributed by atoms with Crippen molar-refractivity contribution in [1.29, 1.82) is 0 Å². The first-order valence-electron chi connectivity index (χ1n) is 5.83. The van der Waals surface area contributed by atoms with Gasteiger partial charge in [-0.1, -0.05) is 13.8 Å². The van der Waals surface area contributed by atoms with Crippen LogP contribution in [-0.4, -0.2) is 42.5 Å². The molecule has 0 atom stereocenters. The second kappa shape index (κ2) is 6.59. The topological polar surface area (TPSA) is 72.6 Å². The summed E-state index contributed by atoms with van der Waals surface area (Å²) in [5, 5.41) is 0. The van der Waals surface area contributed by atoms with Crippen molar-refractivity contribution in [3.8, 4) is 0 Å².